The molecule has 1 atom stereocenters. The summed E-state index contributed by atoms with van der Waals surface area (Å²) in [6.07, 6.45) is 4.66. The monoisotopic (exact) mass is 388 g/mol. The molecule has 0 aromatic heterocycles. The first-order chi connectivity index (χ1) is 13.0. The van der Waals surface area contributed by atoms with Crippen LogP contribution in [0.4, 0.5) is 4.79 Å². The SMILES string of the molecule is C[C@@H]1CCCCN1C(=O)CN1C(=O)S/C(=C\c2ccc3c(c2)OCO3)C1=O. The molecule has 7 nitrogen and oxygen atoms in total. The Hall–Kier alpha value is -2.48. The minimum atomic E-state index is -0.430. The van der Waals surface area contributed by atoms with Gasteiger partial charge in [-0.25, -0.2) is 0 Å². The van der Waals surface area contributed by atoms with Crippen LogP contribution in [0.3, 0.4) is 0 Å². The molecule has 3 aliphatic rings. The molecule has 2 saturated heterocycles. The molecule has 142 valence electrons. The highest BCUT2D eigenvalue weighted by atomic mass is 32.2. The van der Waals surface area contributed by atoms with Gasteiger partial charge in [-0.05, 0) is 61.7 Å². The molecule has 1 aromatic rings. The van der Waals surface area contributed by atoms with E-state index >= 15 is 0 Å². The lowest BCUT2D eigenvalue weighted by Crippen LogP contribution is -2.47. The molecule has 0 bridgehead atoms. The predicted molar refractivity (Wildman–Crippen MR) is 100 cm³/mol. The van der Waals surface area contributed by atoms with Crippen molar-refractivity contribution in [3.8, 4) is 11.5 Å². The van der Waals surface area contributed by atoms with Crippen LogP contribution in [0.25, 0.3) is 6.08 Å². The maximum Gasteiger partial charge on any atom is 0.294 e. The number of rotatable bonds is 3. The summed E-state index contributed by atoms with van der Waals surface area (Å²) in [6.45, 7) is 2.66. The zero-order chi connectivity index (χ0) is 19.0. The quantitative estimate of drug-likeness (QED) is 0.741. The lowest BCUT2D eigenvalue weighted by atomic mass is 10.0. The normalized spacial score (nSPS) is 23.4. The Morgan fingerprint density at radius 1 is 1.26 bits per heavy atom. The second-order valence-corrected chi connectivity index (χ2v) is 7.81. The Kier molecular flexibility index (Phi) is 4.82. The molecule has 27 heavy (non-hydrogen) atoms. The van der Waals surface area contributed by atoms with Crippen LogP contribution in [0, 0.1) is 0 Å². The van der Waals surface area contributed by atoms with Crippen molar-refractivity contribution in [3.05, 3.63) is 28.7 Å². The summed E-state index contributed by atoms with van der Waals surface area (Å²) in [4.78, 5) is 40.6. The number of piperidine rings is 1. The van der Waals surface area contributed by atoms with Gasteiger partial charge in [-0.1, -0.05) is 6.07 Å². The maximum absolute atomic E-state index is 12.6. The minimum Gasteiger partial charge on any atom is -0.454 e. The fraction of sp³-hybridized carbons (Fsp3) is 0.421. The number of benzene rings is 1. The van der Waals surface area contributed by atoms with Crippen LogP contribution in [0.2, 0.25) is 0 Å². The molecular weight excluding hydrogens is 368 g/mol. The van der Waals surface area contributed by atoms with Gasteiger partial charge in [0.25, 0.3) is 11.1 Å². The number of ether oxygens (including phenoxy) is 2. The van der Waals surface area contributed by atoms with Gasteiger partial charge in [0, 0.05) is 12.6 Å². The first-order valence-corrected chi connectivity index (χ1v) is 9.79. The van der Waals surface area contributed by atoms with Gasteiger partial charge in [0.1, 0.15) is 6.54 Å². The third-order valence-corrected chi connectivity index (χ3v) is 5.89. The third kappa shape index (κ3) is 3.53. The zero-order valence-corrected chi connectivity index (χ0v) is 15.8. The molecule has 0 saturated carbocycles. The van der Waals surface area contributed by atoms with Crippen molar-refractivity contribution in [1.29, 1.82) is 0 Å². The van der Waals surface area contributed by atoms with E-state index in [1.807, 2.05) is 6.92 Å². The molecular formula is C19H20N2O5S. The second kappa shape index (κ2) is 7.26. The summed E-state index contributed by atoms with van der Waals surface area (Å²) < 4.78 is 10.6. The van der Waals surface area contributed by atoms with Crippen molar-refractivity contribution < 1.29 is 23.9 Å². The number of carbonyl (C=O) groups excluding carboxylic acids is 3. The maximum atomic E-state index is 12.6. The molecule has 8 heteroatoms. The average molecular weight is 388 g/mol. The van der Waals surface area contributed by atoms with E-state index in [2.05, 4.69) is 0 Å². The van der Waals surface area contributed by atoms with Crippen LogP contribution in [0.15, 0.2) is 23.1 Å². The summed E-state index contributed by atoms with van der Waals surface area (Å²) in [7, 11) is 0. The molecule has 3 amide bonds. The minimum absolute atomic E-state index is 0.148. The van der Waals surface area contributed by atoms with E-state index in [-0.39, 0.29) is 25.3 Å². The number of hydrogen-bond donors (Lipinski definition) is 0. The van der Waals surface area contributed by atoms with Crippen molar-refractivity contribution in [2.45, 2.75) is 32.2 Å². The van der Waals surface area contributed by atoms with E-state index in [1.165, 1.54) is 0 Å². The fourth-order valence-electron chi connectivity index (χ4n) is 3.49. The van der Waals surface area contributed by atoms with Crippen molar-refractivity contribution in [1.82, 2.24) is 9.80 Å². The molecule has 3 heterocycles. The van der Waals surface area contributed by atoms with Gasteiger partial charge in [-0.2, -0.15) is 0 Å². The van der Waals surface area contributed by atoms with Crippen LogP contribution in [-0.2, 0) is 9.59 Å². The molecule has 0 unspecified atom stereocenters. The van der Waals surface area contributed by atoms with Gasteiger partial charge in [-0.3, -0.25) is 19.3 Å². The van der Waals surface area contributed by atoms with E-state index in [9.17, 15) is 14.4 Å². The van der Waals surface area contributed by atoms with Crippen LogP contribution in [0.1, 0.15) is 31.7 Å². The van der Waals surface area contributed by atoms with E-state index in [0.29, 0.717) is 22.9 Å². The highest BCUT2D eigenvalue weighted by Crippen LogP contribution is 2.36. The summed E-state index contributed by atoms with van der Waals surface area (Å²) in [5, 5.41) is -0.412. The Morgan fingerprint density at radius 3 is 2.89 bits per heavy atom. The molecule has 3 aliphatic heterocycles. The molecule has 0 radical (unpaired) electrons. The molecule has 4 rings (SSSR count). The lowest BCUT2D eigenvalue weighted by molar-refractivity contribution is -0.138. The predicted octanol–water partition coefficient (Wildman–Crippen LogP) is 2.85. The molecule has 0 spiro atoms. The van der Waals surface area contributed by atoms with E-state index in [1.54, 1.807) is 29.2 Å². The number of nitrogens with zero attached hydrogens (tertiary/aromatic N) is 2. The van der Waals surface area contributed by atoms with Gasteiger partial charge in [-0.15, -0.1) is 0 Å². The first kappa shape index (κ1) is 17.9. The fourth-order valence-corrected chi connectivity index (χ4v) is 4.32. The standard InChI is InChI=1S/C19H20N2O5S/c1-12-4-2-3-7-20(12)17(22)10-21-18(23)16(27-19(21)24)9-13-5-6-14-15(8-13)26-11-25-14/h5-6,8-9,12H,2-4,7,10-11H2,1H3/b16-9-/t12-/m1/s1. The number of fused-ring (bicyclic) bond motifs is 1. The van der Waals surface area contributed by atoms with E-state index < -0.39 is 11.1 Å². The van der Waals surface area contributed by atoms with Crippen LogP contribution < -0.4 is 9.47 Å². The summed E-state index contributed by atoms with van der Waals surface area (Å²) in [6, 6.07) is 5.47. The van der Waals surface area contributed by atoms with Gasteiger partial charge in [0.05, 0.1) is 4.91 Å². The first-order valence-electron chi connectivity index (χ1n) is 8.97. The largest absolute Gasteiger partial charge is 0.454 e. The number of imide groups is 1. The molecule has 1 aromatic carbocycles. The molecule has 2 fully saturated rings. The Balaban J connectivity index is 1.47. The Bertz CT molecular complexity index is 837. The Labute approximate surface area is 161 Å². The van der Waals surface area contributed by atoms with Gasteiger partial charge in [0.2, 0.25) is 12.7 Å². The van der Waals surface area contributed by atoms with E-state index in [0.717, 1.165) is 41.5 Å². The van der Waals surface area contributed by atoms with Gasteiger partial charge < -0.3 is 14.4 Å². The Morgan fingerprint density at radius 2 is 2.07 bits per heavy atom. The van der Waals surface area contributed by atoms with Crippen molar-refractivity contribution in [2.75, 3.05) is 19.9 Å². The van der Waals surface area contributed by atoms with E-state index in [4.69, 9.17) is 9.47 Å². The summed E-state index contributed by atoms with van der Waals surface area (Å²) >= 11 is 0.855. The lowest BCUT2D eigenvalue weighted by Gasteiger charge is -2.34. The van der Waals surface area contributed by atoms with Crippen LogP contribution >= 0.6 is 11.8 Å². The zero-order valence-electron chi connectivity index (χ0n) is 15.0. The third-order valence-electron chi connectivity index (χ3n) is 4.98. The van der Waals surface area contributed by atoms with Gasteiger partial charge >= 0.3 is 0 Å². The molecule has 0 aliphatic carbocycles. The molecule has 0 N–H and O–H groups in total. The number of hydrogen-bond acceptors (Lipinski definition) is 6. The van der Waals surface area contributed by atoms with Crippen LogP contribution in [0.5, 0.6) is 11.5 Å². The number of thioether (sulfide) groups is 1. The van der Waals surface area contributed by atoms with Crippen LogP contribution in [-0.4, -0.2) is 52.8 Å². The number of carbonyl (C=O) groups is 3. The van der Waals surface area contributed by atoms with Gasteiger partial charge in [0.15, 0.2) is 11.5 Å². The average Bonchev–Trinajstić information content (AvgIpc) is 3.22. The smallest absolute Gasteiger partial charge is 0.294 e. The summed E-state index contributed by atoms with van der Waals surface area (Å²) in [5.41, 5.74) is 0.737. The number of amides is 3. The summed E-state index contributed by atoms with van der Waals surface area (Å²) in [5.74, 6) is 0.660. The highest BCUT2D eigenvalue weighted by molar-refractivity contribution is 8.18. The highest BCUT2D eigenvalue weighted by Gasteiger charge is 2.38. The second-order valence-electron chi connectivity index (χ2n) is 6.81. The van der Waals surface area contributed by atoms with Crippen molar-refractivity contribution >= 4 is 34.9 Å². The van der Waals surface area contributed by atoms with Crippen molar-refractivity contribution in [3.63, 3.8) is 0 Å². The number of likely N-dealkylation sites (tertiary alicyclic amines) is 1. The van der Waals surface area contributed by atoms with Crippen molar-refractivity contribution in [2.24, 2.45) is 0 Å². The topological polar surface area (TPSA) is 76.2 Å².